The lowest BCUT2D eigenvalue weighted by atomic mass is 10.1. The zero-order valence-corrected chi connectivity index (χ0v) is 17.9. The highest BCUT2D eigenvalue weighted by molar-refractivity contribution is 6.02. The third-order valence-electron chi connectivity index (χ3n) is 5.09. The monoisotopic (exact) mass is 435 g/mol. The highest BCUT2D eigenvalue weighted by Gasteiger charge is 2.24. The summed E-state index contributed by atoms with van der Waals surface area (Å²) < 4.78 is 18.7. The number of hydrogen-bond donors (Lipinski definition) is 1. The molecule has 0 bridgehead atoms. The Hall–Kier alpha value is -4.34. The summed E-state index contributed by atoms with van der Waals surface area (Å²) in [4.78, 5) is 34.4. The molecule has 0 aliphatic rings. The maximum atomic E-state index is 13.1. The number of benzene rings is 2. The summed E-state index contributed by atoms with van der Waals surface area (Å²) in [5.74, 6) is 0.963. The van der Waals surface area contributed by atoms with Crippen molar-refractivity contribution >= 4 is 17.1 Å². The number of carbonyl (C=O) groups excluding carboxylic acids is 1. The molecule has 2 aromatic carbocycles. The summed E-state index contributed by atoms with van der Waals surface area (Å²) in [5.41, 5.74) is 6.61. The van der Waals surface area contributed by atoms with Gasteiger partial charge in [-0.2, -0.15) is 0 Å². The molecule has 1 amide bonds. The summed E-state index contributed by atoms with van der Waals surface area (Å²) in [6, 6.07) is 12.0. The molecule has 0 radical (unpaired) electrons. The van der Waals surface area contributed by atoms with Crippen molar-refractivity contribution in [3.8, 4) is 34.3 Å². The number of primary amides is 1. The number of hydrogen-bond acceptors (Lipinski definition) is 7. The van der Waals surface area contributed by atoms with E-state index in [1.54, 1.807) is 49.6 Å². The summed E-state index contributed by atoms with van der Waals surface area (Å²) in [6.45, 7) is 0. The van der Waals surface area contributed by atoms with Gasteiger partial charge in [-0.25, -0.2) is 19.3 Å². The molecule has 0 aliphatic carbocycles. The van der Waals surface area contributed by atoms with E-state index < -0.39 is 11.6 Å². The van der Waals surface area contributed by atoms with Crippen molar-refractivity contribution in [2.24, 2.45) is 12.8 Å². The Balaban J connectivity index is 2.09. The largest absolute Gasteiger partial charge is 0.497 e. The Kier molecular flexibility index (Phi) is 5.27. The van der Waals surface area contributed by atoms with Gasteiger partial charge in [0, 0.05) is 19.2 Å². The number of imidazole rings is 1. The van der Waals surface area contributed by atoms with Crippen molar-refractivity contribution in [3.05, 3.63) is 58.6 Å². The van der Waals surface area contributed by atoms with Gasteiger partial charge in [-0.1, -0.05) is 6.07 Å². The van der Waals surface area contributed by atoms with E-state index >= 15 is 0 Å². The highest BCUT2D eigenvalue weighted by atomic mass is 16.5. The Morgan fingerprint density at radius 2 is 1.69 bits per heavy atom. The Morgan fingerprint density at radius 3 is 2.34 bits per heavy atom. The second-order valence-corrected chi connectivity index (χ2v) is 6.88. The molecular weight excluding hydrogens is 414 g/mol. The first-order valence-corrected chi connectivity index (χ1v) is 9.55. The minimum Gasteiger partial charge on any atom is -0.497 e. The minimum atomic E-state index is -0.787. The second-order valence-electron chi connectivity index (χ2n) is 6.88. The van der Waals surface area contributed by atoms with Gasteiger partial charge < -0.3 is 19.9 Å². The van der Waals surface area contributed by atoms with Crippen molar-refractivity contribution in [2.45, 2.75) is 0 Å². The predicted molar refractivity (Wildman–Crippen MR) is 118 cm³/mol. The molecular formula is C22H21N5O5. The number of fused-ring (bicyclic) bond motifs is 1. The highest BCUT2D eigenvalue weighted by Crippen LogP contribution is 2.33. The SMILES string of the molecule is COc1cccc(-n2c(=O)n(C)c3c(C(N)=O)nc(-c4ccc(OC)cc4OC)nc32)c1. The molecule has 4 aromatic rings. The molecule has 4 rings (SSSR count). The molecule has 0 unspecified atom stereocenters. The third-order valence-corrected chi connectivity index (χ3v) is 5.09. The standard InChI is InChI=1S/C22H21N5O5/c1-26-18-17(19(23)28)24-20(15-9-8-14(31-3)11-16(15)32-4)25-21(18)27(22(26)29)12-6-5-7-13(10-12)30-2/h5-11H,1-4H3,(H2,23,28). The molecule has 2 N–H and O–H groups in total. The Bertz CT molecular complexity index is 1410. The van der Waals surface area contributed by atoms with Crippen molar-refractivity contribution in [1.29, 1.82) is 0 Å². The average Bonchev–Trinajstić information content (AvgIpc) is 3.07. The lowest BCUT2D eigenvalue weighted by Gasteiger charge is -2.11. The van der Waals surface area contributed by atoms with Crippen molar-refractivity contribution in [2.75, 3.05) is 21.3 Å². The molecule has 0 saturated carbocycles. The first-order chi connectivity index (χ1) is 15.4. The average molecular weight is 435 g/mol. The van der Waals surface area contributed by atoms with E-state index in [2.05, 4.69) is 9.97 Å². The molecule has 0 spiro atoms. The molecule has 2 heterocycles. The lowest BCUT2D eigenvalue weighted by Crippen LogP contribution is -2.21. The van der Waals surface area contributed by atoms with Crippen LogP contribution in [-0.2, 0) is 7.05 Å². The van der Waals surface area contributed by atoms with Crippen molar-refractivity contribution in [1.82, 2.24) is 19.1 Å². The number of amides is 1. The zero-order valence-electron chi connectivity index (χ0n) is 17.9. The smallest absolute Gasteiger partial charge is 0.334 e. The first kappa shape index (κ1) is 20.9. The predicted octanol–water partition coefficient (Wildman–Crippen LogP) is 1.91. The van der Waals surface area contributed by atoms with Crippen LogP contribution in [0.5, 0.6) is 17.2 Å². The van der Waals surface area contributed by atoms with Crippen LogP contribution in [0.15, 0.2) is 47.3 Å². The molecule has 0 saturated heterocycles. The number of aryl methyl sites for hydroxylation is 1. The van der Waals surface area contributed by atoms with E-state index in [0.717, 1.165) is 0 Å². The van der Waals surface area contributed by atoms with E-state index in [4.69, 9.17) is 19.9 Å². The number of aromatic nitrogens is 4. The normalized spacial score (nSPS) is 10.9. The Labute approximate surface area is 182 Å². The van der Waals surface area contributed by atoms with Gasteiger partial charge >= 0.3 is 5.69 Å². The third kappa shape index (κ3) is 3.31. The van der Waals surface area contributed by atoms with Gasteiger partial charge in [-0.3, -0.25) is 9.36 Å². The van der Waals surface area contributed by atoms with Gasteiger partial charge in [-0.05, 0) is 24.3 Å². The summed E-state index contributed by atoms with van der Waals surface area (Å²) in [6.07, 6.45) is 0. The van der Waals surface area contributed by atoms with Crippen molar-refractivity contribution in [3.63, 3.8) is 0 Å². The van der Waals surface area contributed by atoms with E-state index in [-0.39, 0.29) is 22.7 Å². The quantitative estimate of drug-likeness (QED) is 0.491. The van der Waals surface area contributed by atoms with E-state index in [1.807, 2.05) is 0 Å². The topological polar surface area (TPSA) is 123 Å². The van der Waals surface area contributed by atoms with E-state index in [9.17, 15) is 9.59 Å². The summed E-state index contributed by atoms with van der Waals surface area (Å²) in [5, 5.41) is 0. The zero-order chi connectivity index (χ0) is 23.0. The van der Waals surface area contributed by atoms with Crippen LogP contribution in [0.4, 0.5) is 0 Å². The van der Waals surface area contributed by atoms with Gasteiger partial charge in [-0.15, -0.1) is 0 Å². The molecule has 0 aliphatic heterocycles. The van der Waals surface area contributed by atoms with Gasteiger partial charge in [0.25, 0.3) is 5.91 Å². The molecule has 10 nitrogen and oxygen atoms in total. The second kappa shape index (κ2) is 8.06. The van der Waals surface area contributed by atoms with Gasteiger partial charge in [0.2, 0.25) is 0 Å². The van der Waals surface area contributed by atoms with Crippen LogP contribution < -0.4 is 25.6 Å². The maximum Gasteiger partial charge on any atom is 0.334 e. The molecule has 0 atom stereocenters. The number of methoxy groups -OCH3 is 3. The van der Waals surface area contributed by atoms with Gasteiger partial charge in [0.05, 0.1) is 32.6 Å². The minimum absolute atomic E-state index is 0.0795. The van der Waals surface area contributed by atoms with Crippen LogP contribution in [-0.4, -0.2) is 46.3 Å². The fourth-order valence-electron chi connectivity index (χ4n) is 3.50. The molecule has 10 heteroatoms. The number of nitrogens with zero attached hydrogens (tertiary/aromatic N) is 4. The van der Waals surface area contributed by atoms with E-state index in [1.165, 1.54) is 30.4 Å². The van der Waals surface area contributed by atoms with Gasteiger partial charge in [0.15, 0.2) is 17.2 Å². The lowest BCUT2D eigenvalue weighted by molar-refractivity contribution is 0.0997. The summed E-state index contributed by atoms with van der Waals surface area (Å²) >= 11 is 0. The number of nitrogens with two attached hydrogens (primary N) is 1. The van der Waals surface area contributed by atoms with Crippen LogP contribution in [0.1, 0.15) is 10.5 Å². The summed E-state index contributed by atoms with van der Waals surface area (Å²) in [7, 11) is 6.11. The van der Waals surface area contributed by atoms with Crippen LogP contribution in [0, 0.1) is 0 Å². The van der Waals surface area contributed by atoms with Gasteiger partial charge in [0.1, 0.15) is 22.8 Å². The number of carbonyl (C=O) groups is 1. The molecule has 2 aromatic heterocycles. The van der Waals surface area contributed by atoms with Crippen LogP contribution in [0.3, 0.4) is 0 Å². The maximum absolute atomic E-state index is 13.1. The fourth-order valence-corrected chi connectivity index (χ4v) is 3.50. The van der Waals surface area contributed by atoms with Crippen LogP contribution in [0.25, 0.3) is 28.2 Å². The number of rotatable bonds is 6. The molecule has 164 valence electrons. The first-order valence-electron chi connectivity index (χ1n) is 9.55. The number of ether oxygens (including phenoxy) is 3. The molecule has 32 heavy (non-hydrogen) atoms. The van der Waals surface area contributed by atoms with E-state index in [0.29, 0.717) is 28.5 Å². The fraction of sp³-hybridized carbons (Fsp3) is 0.182. The Morgan fingerprint density at radius 1 is 0.969 bits per heavy atom. The van der Waals surface area contributed by atoms with Crippen molar-refractivity contribution < 1.29 is 19.0 Å². The molecule has 0 fully saturated rings. The van der Waals surface area contributed by atoms with Crippen LogP contribution in [0.2, 0.25) is 0 Å². The van der Waals surface area contributed by atoms with Crippen LogP contribution >= 0.6 is 0 Å².